The van der Waals surface area contributed by atoms with Crippen LogP contribution in [0.15, 0.2) is 0 Å². The molecular weight excluding hydrogens is 228 g/mol. The fourth-order valence-corrected chi connectivity index (χ4v) is 5.38. The molecular formula is C19H33. The van der Waals surface area contributed by atoms with E-state index in [0.29, 0.717) is 0 Å². The van der Waals surface area contributed by atoms with Crippen LogP contribution in [-0.2, 0) is 0 Å². The average molecular weight is 261 g/mol. The van der Waals surface area contributed by atoms with Gasteiger partial charge >= 0.3 is 0 Å². The normalized spacial score (nSPS) is 35.2. The Morgan fingerprint density at radius 1 is 0.737 bits per heavy atom. The molecule has 0 unspecified atom stereocenters. The summed E-state index contributed by atoms with van der Waals surface area (Å²) in [7, 11) is 0. The van der Waals surface area contributed by atoms with Gasteiger partial charge in [-0.15, -0.1) is 0 Å². The Balaban J connectivity index is 1.11. The summed E-state index contributed by atoms with van der Waals surface area (Å²) in [5.74, 6) is 2.01. The van der Waals surface area contributed by atoms with Gasteiger partial charge in [0.1, 0.15) is 0 Å². The van der Waals surface area contributed by atoms with E-state index in [0.717, 1.165) is 10.8 Å². The Labute approximate surface area is 120 Å². The molecule has 6 rings (SSSR count). The predicted octanol–water partition coefficient (Wildman–Crippen LogP) is 6.45. The first-order valence-electron chi connectivity index (χ1n) is 9.14. The molecule has 0 amide bonds. The van der Waals surface area contributed by atoms with Gasteiger partial charge in [-0.2, -0.15) is 0 Å². The molecule has 0 spiro atoms. The number of hydrogen-bond acceptors (Lipinski definition) is 0. The summed E-state index contributed by atoms with van der Waals surface area (Å²) in [6, 6.07) is 0. The molecule has 0 heteroatoms. The zero-order valence-electron chi connectivity index (χ0n) is 13.1. The zero-order chi connectivity index (χ0) is 13.2. The van der Waals surface area contributed by atoms with E-state index in [9.17, 15) is 0 Å². The maximum absolute atomic E-state index is 2.30. The van der Waals surface area contributed by atoms with E-state index >= 15 is 0 Å². The number of hydrogen-bond donors (Lipinski definition) is 0. The van der Waals surface area contributed by atoms with Crippen LogP contribution in [0.25, 0.3) is 0 Å². The molecule has 0 nitrogen and oxygen atoms in total. The highest BCUT2D eigenvalue weighted by Gasteiger charge is 2.76. The van der Waals surface area contributed by atoms with Crippen LogP contribution in [0.1, 0.15) is 103 Å². The van der Waals surface area contributed by atoms with Crippen molar-refractivity contribution in [3.05, 3.63) is 5.92 Å². The van der Waals surface area contributed by atoms with Crippen LogP contribution in [0.2, 0.25) is 0 Å². The number of rotatable bonds is 11. The summed E-state index contributed by atoms with van der Waals surface area (Å²) in [6.07, 6.45) is 22.6. The van der Waals surface area contributed by atoms with Gasteiger partial charge in [0, 0.05) is 0 Å². The third-order valence-corrected chi connectivity index (χ3v) is 6.31. The van der Waals surface area contributed by atoms with Crippen LogP contribution in [0.5, 0.6) is 0 Å². The maximum atomic E-state index is 2.30. The van der Waals surface area contributed by atoms with Crippen LogP contribution < -0.4 is 0 Å². The molecule has 0 heterocycles. The maximum Gasteiger partial charge on any atom is -0.0173 e. The lowest BCUT2D eigenvalue weighted by molar-refractivity contribution is -0.119. The second-order valence-electron chi connectivity index (χ2n) is 8.02. The van der Waals surface area contributed by atoms with Crippen molar-refractivity contribution in [1.29, 1.82) is 0 Å². The van der Waals surface area contributed by atoms with E-state index in [2.05, 4.69) is 6.92 Å². The zero-order valence-corrected chi connectivity index (χ0v) is 13.1. The monoisotopic (exact) mass is 261 g/mol. The molecule has 0 aliphatic heterocycles. The van der Waals surface area contributed by atoms with Gasteiger partial charge in [0.15, 0.2) is 0 Å². The molecule has 19 heavy (non-hydrogen) atoms. The summed E-state index contributed by atoms with van der Waals surface area (Å²) >= 11 is 0. The van der Waals surface area contributed by atoms with Gasteiger partial charge in [0.2, 0.25) is 0 Å². The van der Waals surface area contributed by atoms with Gasteiger partial charge in [-0.25, -0.2) is 0 Å². The minimum Gasteiger partial charge on any atom is -0.0654 e. The van der Waals surface area contributed by atoms with Crippen LogP contribution in [0.3, 0.4) is 0 Å². The second kappa shape index (κ2) is 5.78. The summed E-state index contributed by atoms with van der Waals surface area (Å²) in [5.41, 5.74) is 1.74. The summed E-state index contributed by atoms with van der Waals surface area (Å²) in [4.78, 5) is 0. The van der Waals surface area contributed by atoms with Gasteiger partial charge in [0.25, 0.3) is 0 Å². The highest BCUT2D eigenvalue weighted by molar-refractivity contribution is 5.38. The first-order chi connectivity index (χ1) is 9.29. The highest BCUT2D eigenvalue weighted by atomic mass is 14.8. The summed E-state index contributed by atoms with van der Waals surface area (Å²) in [5, 5.41) is 0. The Bertz CT molecular complexity index is 271. The molecule has 109 valence electrons. The van der Waals surface area contributed by atoms with E-state index in [1.165, 1.54) is 70.6 Å². The first kappa shape index (κ1) is 14.0. The quantitative estimate of drug-likeness (QED) is 0.375. The van der Waals surface area contributed by atoms with Crippen molar-refractivity contribution >= 4 is 0 Å². The molecule has 6 saturated carbocycles. The van der Waals surface area contributed by atoms with Crippen molar-refractivity contribution in [1.82, 2.24) is 0 Å². The standard InChI is InChI=1S/C19H33/c1-2-3-4-5-6-7-8-9-10-11-12-17-13-18-14-19(17,15-18)16-18/h2-16H2,1H3. The second-order valence-corrected chi connectivity index (χ2v) is 8.02. The topological polar surface area (TPSA) is 0 Å². The highest BCUT2D eigenvalue weighted by Crippen LogP contribution is 2.87. The Hall–Kier alpha value is 0. The third-order valence-electron chi connectivity index (χ3n) is 6.31. The van der Waals surface area contributed by atoms with Crippen LogP contribution in [0, 0.1) is 16.7 Å². The molecule has 6 fully saturated rings. The van der Waals surface area contributed by atoms with Crippen molar-refractivity contribution in [2.45, 2.75) is 103 Å². The Morgan fingerprint density at radius 2 is 1.26 bits per heavy atom. The molecule has 0 aromatic carbocycles. The predicted molar refractivity (Wildman–Crippen MR) is 83.0 cm³/mol. The van der Waals surface area contributed by atoms with Crippen molar-refractivity contribution in [3.63, 3.8) is 0 Å². The smallest absolute Gasteiger partial charge is 0.0173 e. The number of unbranched alkanes of at least 4 members (excludes halogenated alkanes) is 9. The van der Waals surface area contributed by atoms with E-state index in [-0.39, 0.29) is 0 Å². The van der Waals surface area contributed by atoms with Crippen molar-refractivity contribution in [2.24, 2.45) is 10.8 Å². The molecule has 1 radical (unpaired) electrons. The van der Waals surface area contributed by atoms with E-state index in [1.54, 1.807) is 25.7 Å². The van der Waals surface area contributed by atoms with Gasteiger partial charge in [0.05, 0.1) is 0 Å². The molecule has 6 aliphatic carbocycles. The molecule has 0 saturated heterocycles. The fraction of sp³-hybridized carbons (Fsp3) is 0.947. The molecule has 0 aromatic rings. The Kier molecular flexibility index (Phi) is 4.25. The van der Waals surface area contributed by atoms with E-state index < -0.39 is 0 Å². The fourth-order valence-electron chi connectivity index (χ4n) is 5.38. The van der Waals surface area contributed by atoms with Gasteiger partial charge < -0.3 is 0 Å². The Morgan fingerprint density at radius 3 is 1.74 bits per heavy atom. The van der Waals surface area contributed by atoms with Crippen LogP contribution in [-0.4, -0.2) is 0 Å². The van der Waals surface area contributed by atoms with Crippen LogP contribution >= 0.6 is 0 Å². The average Bonchev–Trinajstić information content (AvgIpc) is 2.92. The largest absolute Gasteiger partial charge is 0.0654 e. The van der Waals surface area contributed by atoms with Crippen molar-refractivity contribution < 1.29 is 0 Å². The molecule has 6 aliphatic rings. The van der Waals surface area contributed by atoms with E-state index in [4.69, 9.17) is 0 Å². The molecule has 0 N–H and O–H groups in total. The summed E-state index contributed by atoms with van der Waals surface area (Å²) < 4.78 is 0. The first-order valence-corrected chi connectivity index (χ1v) is 9.14. The van der Waals surface area contributed by atoms with Gasteiger partial charge in [-0.3, -0.25) is 0 Å². The van der Waals surface area contributed by atoms with Gasteiger partial charge in [-0.05, 0) is 48.9 Å². The minimum atomic E-state index is 0.847. The van der Waals surface area contributed by atoms with Gasteiger partial charge in [-0.1, -0.05) is 71.1 Å². The van der Waals surface area contributed by atoms with Crippen molar-refractivity contribution in [3.8, 4) is 0 Å². The lowest BCUT2D eigenvalue weighted by Crippen LogP contribution is -2.53. The third kappa shape index (κ3) is 2.74. The lowest BCUT2D eigenvalue weighted by atomic mass is 9.41. The van der Waals surface area contributed by atoms with Crippen LogP contribution in [0.4, 0.5) is 0 Å². The summed E-state index contributed by atoms with van der Waals surface area (Å²) in [6.45, 7) is 2.30. The minimum absolute atomic E-state index is 0.847. The molecule has 0 atom stereocenters. The van der Waals surface area contributed by atoms with Crippen molar-refractivity contribution in [2.75, 3.05) is 0 Å². The van der Waals surface area contributed by atoms with E-state index in [1.807, 2.05) is 5.92 Å². The SMILES string of the molecule is CCCCCCCCCCCC[C]1CC23CC1(C2)C3. The molecule has 2 bridgehead atoms. The molecule has 0 aromatic heterocycles. The lowest BCUT2D eigenvalue weighted by Gasteiger charge is -2.64.